The molecule has 0 saturated carbocycles. The van der Waals surface area contributed by atoms with Crippen molar-refractivity contribution in [3.8, 4) is 0 Å². The number of piperidine rings is 1. The normalized spacial score (nSPS) is 18.9. The number of aromatic nitrogens is 1. The smallest absolute Gasteiger partial charge is 0.269 e. The van der Waals surface area contributed by atoms with E-state index in [0.29, 0.717) is 51.3 Å². The topological polar surface area (TPSA) is 80.8 Å². The molecule has 26 heavy (non-hydrogen) atoms. The summed E-state index contributed by atoms with van der Waals surface area (Å²) in [5, 5.41) is 2.85. The Morgan fingerprint density at radius 2 is 1.96 bits per heavy atom. The molecule has 0 radical (unpaired) electrons. The maximum absolute atomic E-state index is 12.8. The minimum absolute atomic E-state index is 0.0831. The highest BCUT2D eigenvalue weighted by atomic mass is 16.7. The van der Waals surface area contributed by atoms with Crippen molar-refractivity contribution in [1.29, 1.82) is 0 Å². The Balaban J connectivity index is 1.57. The number of ether oxygens (including phenoxy) is 2. The number of nitrogens with zero attached hydrogens (tertiary/aromatic N) is 2. The van der Waals surface area contributed by atoms with E-state index in [4.69, 9.17) is 9.47 Å². The first-order valence-electron chi connectivity index (χ1n) is 9.45. The molecule has 3 heterocycles. The Labute approximate surface area is 154 Å². The predicted molar refractivity (Wildman–Crippen MR) is 95.9 cm³/mol. The summed E-state index contributed by atoms with van der Waals surface area (Å²) < 4.78 is 11.4. The number of hydrogen-bond acceptors (Lipinski definition) is 5. The van der Waals surface area contributed by atoms with Gasteiger partial charge in [0.05, 0.1) is 13.2 Å². The molecule has 3 rings (SSSR count). The molecule has 2 fully saturated rings. The highest BCUT2D eigenvalue weighted by molar-refractivity contribution is 5.98. The first-order chi connectivity index (χ1) is 12.6. The van der Waals surface area contributed by atoms with E-state index < -0.39 is 5.79 Å². The van der Waals surface area contributed by atoms with Crippen molar-refractivity contribution in [2.75, 3.05) is 32.8 Å². The highest BCUT2D eigenvalue weighted by Gasteiger charge is 2.40. The summed E-state index contributed by atoms with van der Waals surface area (Å²) in [6.45, 7) is 5.15. The average molecular weight is 361 g/mol. The number of carbonyl (C=O) groups excluding carboxylic acids is 2. The Morgan fingerprint density at radius 3 is 2.65 bits per heavy atom. The first-order valence-corrected chi connectivity index (χ1v) is 9.45. The standard InChI is InChI=1S/C19H27N3O4/c1-2-3-4-8-21-17(23)16-14-15(5-9-20-16)18(24)22-10-6-19(7-11-22)25-12-13-26-19/h5,9,14H,2-4,6-8,10-13H2,1H3,(H,21,23). The van der Waals surface area contributed by atoms with Crippen LogP contribution in [0.25, 0.3) is 0 Å². The van der Waals surface area contributed by atoms with E-state index in [2.05, 4.69) is 17.2 Å². The molecule has 7 heteroatoms. The minimum Gasteiger partial charge on any atom is -0.351 e. The molecule has 142 valence electrons. The maximum Gasteiger partial charge on any atom is 0.269 e. The van der Waals surface area contributed by atoms with Crippen LogP contribution < -0.4 is 5.32 Å². The lowest BCUT2D eigenvalue weighted by Gasteiger charge is -2.37. The van der Waals surface area contributed by atoms with Gasteiger partial charge in [0, 0.05) is 44.2 Å². The van der Waals surface area contributed by atoms with Gasteiger partial charge in [-0.05, 0) is 18.6 Å². The van der Waals surface area contributed by atoms with Crippen molar-refractivity contribution in [3.05, 3.63) is 29.6 Å². The second-order valence-corrected chi connectivity index (χ2v) is 6.79. The van der Waals surface area contributed by atoms with Gasteiger partial charge in [0.25, 0.3) is 11.8 Å². The van der Waals surface area contributed by atoms with Crippen LogP contribution in [0.2, 0.25) is 0 Å². The van der Waals surface area contributed by atoms with Crippen LogP contribution in [-0.4, -0.2) is 60.3 Å². The van der Waals surface area contributed by atoms with Crippen molar-refractivity contribution in [2.45, 2.75) is 44.8 Å². The molecule has 0 bridgehead atoms. The number of likely N-dealkylation sites (tertiary alicyclic amines) is 1. The van der Waals surface area contributed by atoms with Crippen molar-refractivity contribution in [2.24, 2.45) is 0 Å². The summed E-state index contributed by atoms with van der Waals surface area (Å²) in [6.07, 6.45) is 5.99. The van der Waals surface area contributed by atoms with Gasteiger partial charge in [-0.15, -0.1) is 0 Å². The fourth-order valence-corrected chi connectivity index (χ4v) is 3.37. The van der Waals surface area contributed by atoms with Crippen LogP contribution >= 0.6 is 0 Å². The summed E-state index contributed by atoms with van der Waals surface area (Å²) in [7, 11) is 0. The number of carbonyl (C=O) groups is 2. The van der Waals surface area contributed by atoms with E-state index >= 15 is 0 Å². The van der Waals surface area contributed by atoms with E-state index in [1.807, 2.05) is 0 Å². The monoisotopic (exact) mass is 361 g/mol. The SMILES string of the molecule is CCCCCNC(=O)c1cc(C(=O)N2CCC3(CC2)OCCO3)ccn1. The number of hydrogen-bond donors (Lipinski definition) is 1. The summed E-state index contributed by atoms with van der Waals surface area (Å²) in [6, 6.07) is 3.23. The van der Waals surface area contributed by atoms with Crippen molar-refractivity contribution in [3.63, 3.8) is 0 Å². The van der Waals surface area contributed by atoms with E-state index in [-0.39, 0.29) is 17.5 Å². The Hall–Kier alpha value is -1.99. The Kier molecular flexibility index (Phi) is 6.21. The molecule has 1 spiro atoms. The van der Waals surface area contributed by atoms with Gasteiger partial charge in [0.15, 0.2) is 5.79 Å². The fourth-order valence-electron chi connectivity index (χ4n) is 3.37. The summed E-state index contributed by atoms with van der Waals surface area (Å²) >= 11 is 0. The number of pyridine rings is 1. The molecule has 0 atom stereocenters. The zero-order chi connectivity index (χ0) is 18.4. The third-order valence-electron chi connectivity index (χ3n) is 4.93. The van der Waals surface area contributed by atoms with Gasteiger partial charge in [-0.3, -0.25) is 14.6 Å². The zero-order valence-electron chi connectivity index (χ0n) is 15.3. The second kappa shape index (κ2) is 8.60. The number of nitrogens with one attached hydrogen (secondary N) is 1. The molecule has 0 unspecified atom stereocenters. The third kappa shape index (κ3) is 4.40. The van der Waals surface area contributed by atoms with Crippen LogP contribution in [-0.2, 0) is 9.47 Å². The van der Waals surface area contributed by atoms with E-state index in [9.17, 15) is 9.59 Å². The van der Waals surface area contributed by atoms with Gasteiger partial charge in [0.2, 0.25) is 0 Å². The molecule has 1 N–H and O–H groups in total. The molecule has 0 aliphatic carbocycles. The quantitative estimate of drug-likeness (QED) is 0.784. The lowest BCUT2D eigenvalue weighted by Crippen LogP contribution is -2.47. The second-order valence-electron chi connectivity index (χ2n) is 6.79. The molecule has 2 aliphatic rings. The van der Waals surface area contributed by atoms with Crippen LogP contribution in [0, 0.1) is 0 Å². The van der Waals surface area contributed by atoms with Gasteiger partial charge in [-0.1, -0.05) is 19.8 Å². The van der Waals surface area contributed by atoms with Crippen LogP contribution in [0.1, 0.15) is 59.9 Å². The molecule has 0 aromatic carbocycles. The largest absolute Gasteiger partial charge is 0.351 e. The lowest BCUT2D eigenvalue weighted by molar-refractivity contribution is -0.181. The molecule has 2 amide bonds. The van der Waals surface area contributed by atoms with Crippen LogP contribution in [0.15, 0.2) is 18.3 Å². The zero-order valence-corrected chi connectivity index (χ0v) is 15.3. The van der Waals surface area contributed by atoms with Gasteiger partial charge in [0.1, 0.15) is 5.69 Å². The molecule has 2 saturated heterocycles. The maximum atomic E-state index is 12.8. The minimum atomic E-state index is -0.501. The average Bonchev–Trinajstić information content (AvgIpc) is 3.13. The van der Waals surface area contributed by atoms with Crippen molar-refractivity contribution < 1.29 is 19.1 Å². The van der Waals surface area contributed by atoms with E-state index in [0.717, 1.165) is 19.3 Å². The number of unbranched alkanes of at least 4 members (excludes halogenated alkanes) is 2. The van der Waals surface area contributed by atoms with E-state index in [1.165, 1.54) is 6.20 Å². The van der Waals surface area contributed by atoms with Crippen molar-refractivity contribution in [1.82, 2.24) is 15.2 Å². The molecule has 2 aliphatic heterocycles. The van der Waals surface area contributed by atoms with E-state index in [1.54, 1.807) is 17.0 Å². The molecule has 1 aromatic rings. The summed E-state index contributed by atoms with van der Waals surface area (Å²) in [5.41, 5.74) is 0.770. The number of amides is 2. The lowest BCUT2D eigenvalue weighted by atomic mass is 10.0. The molecule has 7 nitrogen and oxygen atoms in total. The van der Waals surface area contributed by atoms with Gasteiger partial charge in [-0.2, -0.15) is 0 Å². The Morgan fingerprint density at radius 1 is 1.23 bits per heavy atom. The van der Waals surface area contributed by atoms with Gasteiger partial charge < -0.3 is 19.7 Å². The Bertz CT molecular complexity index is 633. The first kappa shape index (κ1) is 18.8. The number of rotatable bonds is 6. The predicted octanol–water partition coefficient (Wildman–Crippen LogP) is 1.98. The molecular formula is C19H27N3O4. The van der Waals surface area contributed by atoms with Crippen LogP contribution in [0.3, 0.4) is 0 Å². The molecule has 1 aromatic heterocycles. The summed E-state index contributed by atoms with van der Waals surface area (Å²) in [4.78, 5) is 30.8. The van der Waals surface area contributed by atoms with Gasteiger partial charge >= 0.3 is 0 Å². The fraction of sp³-hybridized carbons (Fsp3) is 0.632. The van der Waals surface area contributed by atoms with Crippen LogP contribution in [0.5, 0.6) is 0 Å². The van der Waals surface area contributed by atoms with Crippen LogP contribution in [0.4, 0.5) is 0 Å². The third-order valence-corrected chi connectivity index (χ3v) is 4.93. The molecular weight excluding hydrogens is 334 g/mol. The summed E-state index contributed by atoms with van der Waals surface area (Å²) in [5.74, 6) is -0.820. The van der Waals surface area contributed by atoms with Crippen molar-refractivity contribution >= 4 is 11.8 Å². The highest BCUT2D eigenvalue weighted by Crippen LogP contribution is 2.31. The van der Waals surface area contributed by atoms with Gasteiger partial charge in [-0.25, -0.2) is 0 Å².